The topological polar surface area (TPSA) is 79.1 Å². The molecular formula is C8H12N2O2. The number of nitrogens with two attached hydrogens (primary N) is 1. The lowest BCUT2D eigenvalue weighted by Crippen LogP contribution is -2.15. The zero-order valence-corrected chi connectivity index (χ0v) is 6.87. The standard InChI is InChI=1S/C8H12N2O2/c1-5-3-10-4-6(5)7(9)2-8(11)12/h3-4,7,10H,2,9H2,1H3,(H,11,12)/t7-/m0/s1. The van der Waals surface area contributed by atoms with Gasteiger partial charge in [0.1, 0.15) is 0 Å². The van der Waals surface area contributed by atoms with E-state index in [0.717, 1.165) is 11.1 Å². The van der Waals surface area contributed by atoms with Crippen molar-refractivity contribution in [2.24, 2.45) is 5.73 Å². The first-order valence-corrected chi connectivity index (χ1v) is 3.72. The number of rotatable bonds is 3. The van der Waals surface area contributed by atoms with E-state index in [-0.39, 0.29) is 6.42 Å². The predicted octanol–water partition coefficient (Wildman–Crippen LogP) is 0.798. The highest BCUT2D eigenvalue weighted by Crippen LogP contribution is 2.17. The Hall–Kier alpha value is -1.29. The molecule has 1 atom stereocenters. The zero-order valence-electron chi connectivity index (χ0n) is 6.87. The molecule has 0 spiro atoms. The van der Waals surface area contributed by atoms with Gasteiger partial charge in [0.15, 0.2) is 0 Å². The van der Waals surface area contributed by atoms with Crippen molar-refractivity contribution in [3.05, 3.63) is 23.5 Å². The lowest BCUT2D eigenvalue weighted by atomic mass is 10.1. The van der Waals surface area contributed by atoms with Crippen LogP contribution in [0.15, 0.2) is 12.4 Å². The average Bonchev–Trinajstić information content (AvgIpc) is 2.33. The first-order valence-electron chi connectivity index (χ1n) is 3.72. The Kier molecular flexibility index (Phi) is 2.50. The number of aromatic amines is 1. The second-order valence-corrected chi connectivity index (χ2v) is 2.80. The number of nitrogens with one attached hydrogen (secondary N) is 1. The fraction of sp³-hybridized carbons (Fsp3) is 0.375. The first-order chi connectivity index (χ1) is 5.61. The molecule has 1 aromatic rings. The molecule has 0 aromatic carbocycles. The van der Waals surface area contributed by atoms with Gasteiger partial charge in [0, 0.05) is 18.4 Å². The number of hydrogen-bond donors (Lipinski definition) is 3. The molecule has 0 radical (unpaired) electrons. The summed E-state index contributed by atoms with van der Waals surface area (Å²) >= 11 is 0. The lowest BCUT2D eigenvalue weighted by molar-refractivity contribution is -0.137. The summed E-state index contributed by atoms with van der Waals surface area (Å²) in [6.07, 6.45) is 3.51. The van der Waals surface area contributed by atoms with Gasteiger partial charge in [0.25, 0.3) is 0 Å². The van der Waals surface area contributed by atoms with E-state index in [0.29, 0.717) is 0 Å². The van der Waals surface area contributed by atoms with E-state index in [9.17, 15) is 4.79 Å². The summed E-state index contributed by atoms with van der Waals surface area (Å²) < 4.78 is 0. The second kappa shape index (κ2) is 3.40. The molecule has 4 heteroatoms. The number of H-pyrrole nitrogens is 1. The van der Waals surface area contributed by atoms with Crippen LogP contribution >= 0.6 is 0 Å². The van der Waals surface area contributed by atoms with Gasteiger partial charge in [-0.15, -0.1) is 0 Å². The van der Waals surface area contributed by atoms with Crippen LogP contribution in [0.4, 0.5) is 0 Å². The molecule has 0 saturated carbocycles. The van der Waals surface area contributed by atoms with Crippen LogP contribution in [0.5, 0.6) is 0 Å². The molecule has 0 unspecified atom stereocenters. The van der Waals surface area contributed by atoms with Gasteiger partial charge < -0.3 is 15.8 Å². The molecule has 12 heavy (non-hydrogen) atoms. The minimum atomic E-state index is -0.872. The van der Waals surface area contributed by atoms with Crippen LogP contribution in [0, 0.1) is 6.92 Å². The van der Waals surface area contributed by atoms with Crippen molar-refractivity contribution in [1.29, 1.82) is 0 Å². The van der Waals surface area contributed by atoms with Gasteiger partial charge >= 0.3 is 5.97 Å². The summed E-state index contributed by atoms with van der Waals surface area (Å²) in [7, 11) is 0. The maximum atomic E-state index is 10.3. The fourth-order valence-corrected chi connectivity index (χ4v) is 1.15. The highest BCUT2D eigenvalue weighted by Gasteiger charge is 2.12. The largest absolute Gasteiger partial charge is 0.481 e. The molecule has 0 bridgehead atoms. The maximum absolute atomic E-state index is 10.3. The van der Waals surface area contributed by atoms with Gasteiger partial charge in [-0.1, -0.05) is 0 Å². The Morgan fingerprint density at radius 3 is 2.83 bits per heavy atom. The minimum absolute atomic E-state index is 0.0291. The van der Waals surface area contributed by atoms with Crippen LogP contribution in [-0.4, -0.2) is 16.1 Å². The number of hydrogen-bond acceptors (Lipinski definition) is 2. The highest BCUT2D eigenvalue weighted by molar-refractivity contribution is 5.68. The third-order valence-electron chi connectivity index (χ3n) is 1.79. The van der Waals surface area contributed by atoms with E-state index in [1.165, 1.54) is 0 Å². The summed E-state index contributed by atoms with van der Waals surface area (Å²) in [5.41, 5.74) is 7.52. The SMILES string of the molecule is Cc1c[nH]cc1[C@@H](N)CC(=O)O. The monoisotopic (exact) mass is 168 g/mol. The van der Waals surface area contributed by atoms with E-state index in [4.69, 9.17) is 10.8 Å². The molecule has 66 valence electrons. The van der Waals surface area contributed by atoms with Crippen molar-refractivity contribution in [3.63, 3.8) is 0 Å². The summed E-state index contributed by atoms with van der Waals surface area (Å²) in [6, 6.07) is -0.409. The molecule has 1 aromatic heterocycles. The van der Waals surface area contributed by atoms with Crippen LogP contribution in [-0.2, 0) is 4.79 Å². The number of carbonyl (C=O) groups is 1. The number of aromatic nitrogens is 1. The maximum Gasteiger partial charge on any atom is 0.305 e. The Balaban J connectivity index is 2.71. The molecule has 0 aliphatic carbocycles. The van der Waals surface area contributed by atoms with Crippen LogP contribution < -0.4 is 5.73 Å². The average molecular weight is 168 g/mol. The molecule has 1 rings (SSSR count). The van der Waals surface area contributed by atoms with E-state index < -0.39 is 12.0 Å². The summed E-state index contributed by atoms with van der Waals surface area (Å²) in [4.78, 5) is 13.2. The summed E-state index contributed by atoms with van der Waals surface area (Å²) in [5.74, 6) is -0.872. The van der Waals surface area contributed by atoms with Crippen LogP contribution in [0.25, 0.3) is 0 Å². The van der Waals surface area contributed by atoms with Crippen molar-refractivity contribution in [1.82, 2.24) is 4.98 Å². The Morgan fingerprint density at radius 2 is 2.42 bits per heavy atom. The summed E-state index contributed by atoms with van der Waals surface area (Å²) in [5, 5.41) is 8.48. The van der Waals surface area contributed by atoms with Crippen molar-refractivity contribution in [3.8, 4) is 0 Å². The molecule has 1 heterocycles. The van der Waals surface area contributed by atoms with Gasteiger partial charge in [0.2, 0.25) is 0 Å². The first kappa shape index (κ1) is 8.80. The van der Waals surface area contributed by atoms with Crippen LogP contribution in [0.1, 0.15) is 23.6 Å². The molecule has 0 aliphatic rings. The molecule has 0 fully saturated rings. The number of aliphatic carboxylic acids is 1. The Labute approximate surface area is 70.4 Å². The van der Waals surface area contributed by atoms with Gasteiger partial charge in [0.05, 0.1) is 6.42 Å². The highest BCUT2D eigenvalue weighted by atomic mass is 16.4. The van der Waals surface area contributed by atoms with E-state index in [1.807, 2.05) is 6.92 Å². The zero-order chi connectivity index (χ0) is 9.14. The Morgan fingerprint density at radius 1 is 1.75 bits per heavy atom. The molecule has 0 aliphatic heterocycles. The smallest absolute Gasteiger partial charge is 0.305 e. The van der Waals surface area contributed by atoms with Gasteiger partial charge in [-0.25, -0.2) is 0 Å². The second-order valence-electron chi connectivity index (χ2n) is 2.80. The third kappa shape index (κ3) is 1.85. The van der Waals surface area contributed by atoms with Crippen molar-refractivity contribution < 1.29 is 9.90 Å². The van der Waals surface area contributed by atoms with Crippen LogP contribution in [0.2, 0.25) is 0 Å². The quantitative estimate of drug-likeness (QED) is 0.624. The molecule has 4 N–H and O–H groups in total. The lowest BCUT2D eigenvalue weighted by Gasteiger charge is -2.07. The molecule has 0 amide bonds. The van der Waals surface area contributed by atoms with Crippen molar-refractivity contribution in [2.75, 3.05) is 0 Å². The Bertz CT molecular complexity index is 280. The van der Waals surface area contributed by atoms with Crippen LogP contribution in [0.3, 0.4) is 0 Å². The van der Waals surface area contributed by atoms with Gasteiger partial charge in [-0.2, -0.15) is 0 Å². The minimum Gasteiger partial charge on any atom is -0.481 e. The van der Waals surface area contributed by atoms with Crippen molar-refractivity contribution >= 4 is 5.97 Å². The molecule has 4 nitrogen and oxygen atoms in total. The van der Waals surface area contributed by atoms with E-state index >= 15 is 0 Å². The van der Waals surface area contributed by atoms with Gasteiger partial charge in [-0.3, -0.25) is 4.79 Å². The van der Waals surface area contributed by atoms with E-state index in [1.54, 1.807) is 12.4 Å². The predicted molar refractivity (Wildman–Crippen MR) is 44.7 cm³/mol. The fourth-order valence-electron chi connectivity index (χ4n) is 1.15. The van der Waals surface area contributed by atoms with Crippen molar-refractivity contribution in [2.45, 2.75) is 19.4 Å². The van der Waals surface area contributed by atoms with Gasteiger partial charge in [-0.05, 0) is 18.1 Å². The number of aryl methyl sites for hydroxylation is 1. The molecule has 0 saturated heterocycles. The van der Waals surface area contributed by atoms with E-state index in [2.05, 4.69) is 4.98 Å². The molecular weight excluding hydrogens is 156 g/mol. The third-order valence-corrected chi connectivity index (χ3v) is 1.79. The number of carboxylic acid groups (broad SMARTS) is 1. The normalized spacial score (nSPS) is 12.8. The summed E-state index contributed by atoms with van der Waals surface area (Å²) in [6.45, 7) is 1.90. The number of carboxylic acids is 1.